The Hall–Kier alpha value is -1.65. The second kappa shape index (κ2) is 5.33. The van der Waals surface area contributed by atoms with Crippen molar-refractivity contribution in [2.24, 2.45) is 0 Å². The van der Waals surface area contributed by atoms with Gasteiger partial charge < -0.3 is 9.84 Å². The third kappa shape index (κ3) is 2.78. The molecule has 0 radical (unpaired) electrons. The molecule has 0 aliphatic heterocycles. The first-order valence-electron chi connectivity index (χ1n) is 5.12. The first-order chi connectivity index (χ1) is 8.60. The highest BCUT2D eigenvalue weighted by molar-refractivity contribution is 6.32. The van der Waals surface area contributed by atoms with E-state index in [1.165, 1.54) is 0 Å². The normalized spacial score (nSPS) is 10.4. The van der Waals surface area contributed by atoms with Crippen LogP contribution in [0, 0.1) is 11.6 Å². The van der Waals surface area contributed by atoms with E-state index in [2.05, 4.69) is 0 Å². The molecule has 0 fully saturated rings. The third-order valence-corrected chi connectivity index (χ3v) is 2.57. The van der Waals surface area contributed by atoms with Crippen LogP contribution in [-0.4, -0.2) is 5.11 Å². The van der Waals surface area contributed by atoms with E-state index >= 15 is 0 Å². The van der Waals surface area contributed by atoms with E-state index in [1.54, 1.807) is 18.2 Å². The predicted molar refractivity (Wildman–Crippen MR) is 63.8 cm³/mol. The molecule has 18 heavy (non-hydrogen) atoms. The standard InChI is InChI=1S/C13H9ClF2O2/c14-12-3-1-2-8(7-17)13(12)18-11-5-9(15)4-10(16)6-11/h1-6,17H,7H2. The summed E-state index contributed by atoms with van der Waals surface area (Å²) in [7, 11) is 0. The number of aliphatic hydroxyl groups excluding tert-OH is 1. The summed E-state index contributed by atoms with van der Waals surface area (Å²) in [6.45, 7) is -0.284. The van der Waals surface area contributed by atoms with Gasteiger partial charge in [0.2, 0.25) is 0 Å². The van der Waals surface area contributed by atoms with Crippen molar-refractivity contribution in [3.63, 3.8) is 0 Å². The monoisotopic (exact) mass is 270 g/mol. The zero-order valence-corrected chi connectivity index (χ0v) is 9.92. The topological polar surface area (TPSA) is 29.5 Å². The molecule has 0 saturated heterocycles. The molecular formula is C13H9ClF2O2. The van der Waals surface area contributed by atoms with E-state index in [-0.39, 0.29) is 23.1 Å². The molecule has 0 heterocycles. The molecule has 0 aromatic heterocycles. The van der Waals surface area contributed by atoms with Crippen LogP contribution in [0.4, 0.5) is 8.78 Å². The van der Waals surface area contributed by atoms with Crippen LogP contribution in [0.2, 0.25) is 5.02 Å². The van der Waals surface area contributed by atoms with E-state index in [9.17, 15) is 8.78 Å². The van der Waals surface area contributed by atoms with Crippen molar-refractivity contribution < 1.29 is 18.6 Å². The van der Waals surface area contributed by atoms with Gasteiger partial charge in [-0.15, -0.1) is 0 Å². The number of hydrogen-bond acceptors (Lipinski definition) is 2. The maximum atomic E-state index is 13.0. The van der Waals surface area contributed by atoms with Gasteiger partial charge in [-0.25, -0.2) is 8.78 Å². The van der Waals surface area contributed by atoms with Crippen LogP contribution in [-0.2, 0) is 6.61 Å². The Morgan fingerprint density at radius 1 is 1.11 bits per heavy atom. The van der Waals surface area contributed by atoms with Crippen molar-refractivity contribution in [3.05, 3.63) is 58.6 Å². The SMILES string of the molecule is OCc1cccc(Cl)c1Oc1cc(F)cc(F)c1. The lowest BCUT2D eigenvalue weighted by Crippen LogP contribution is -1.93. The Kier molecular flexibility index (Phi) is 3.79. The minimum Gasteiger partial charge on any atom is -0.455 e. The van der Waals surface area contributed by atoms with Crippen LogP contribution < -0.4 is 4.74 Å². The summed E-state index contributed by atoms with van der Waals surface area (Å²) in [4.78, 5) is 0. The van der Waals surface area contributed by atoms with Crippen molar-refractivity contribution in [2.75, 3.05) is 0 Å². The number of para-hydroxylation sites is 1. The van der Waals surface area contributed by atoms with Crippen molar-refractivity contribution in [1.82, 2.24) is 0 Å². The average Bonchev–Trinajstić information content (AvgIpc) is 2.30. The fourth-order valence-corrected chi connectivity index (χ4v) is 1.73. The summed E-state index contributed by atoms with van der Waals surface area (Å²) in [5.74, 6) is -1.33. The number of halogens is 3. The van der Waals surface area contributed by atoms with E-state index in [4.69, 9.17) is 21.4 Å². The van der Waals surface area contributed by atoms with Gasteiger partial charge in [-0.3, -0.25) is 0 Å². The summed E-state index contributed by atoms with van der Waals surface area (Å²) >= 11 is 5.91. The summed E-state index contributed by atoms with van der Waals surface area (Å²) in [5, 5.41) is 9.40. The summed E-state index contributed by atoms with van der Waals surface area (Å²) in [6.07, 6.45) is 0. The number of aliphatic hydroxyl groups is 1. The first-order valence-corrected chi connectivity index (χ1v) is 5.50. The third-order valence-electron chi connectivity index (χ3n) is 2.27. The smallest absolute Gasteiger partial charge is 0.151 e. The highest BCUT2D eigenvalue weighted by Crippen LogP contribution is 2.33. The lowest BCUT2D eigenvalue weighted by molar-refractivity contribution is 0.276. The molecule has 2 aromatic carbocycles. The van der Waals surface area contributed by atoms with Gasteiger partial charge in [-0.05, 0) is 6.07 Å². The molecule has 94 valence electrons. The van der Waals surface area contributed by atoms with Gasteiger partial charge in [-0.2, -0.15) is 0 Å². The van der Waals surface area contributed by atoms with Gasteiger partial charge in [-0.1, -0.05) is 23.7 Å². The quantitative estimate of drug-likeness (QED) is 0.916. The maximum absolute atomic E-state index is 13.0. The molecule has 2 aromatic rings. The van der Waals surface area contributed by atoms with Gasteiger partial charge in [0.25, 0.3) is 0 Å². The summed E-state index contributed by atoms with van der Waals surface area (Å²) in [5.41, 5.74) is 0.437. The Morgan fingerprint density at radius 2 is 1.78 bits per heavy atom. The van der Waals surface area contributed by atoms with Crippen LogP contribution in [0.1, 0.15) is 5.56 Å². The largest absolute Gasteiger partial charge is 0.455 e. The van der Waals surface area contributed by atoms with Crippen LogP contribution in [0.15, 0.2) is 36.4 Å². The Labute approximate surface area is 107 Å². The summed E-state index contributed by atoms with van der Waals surface area (Å²) in [6, 6.07) is 7.63. The van der Waals surface area contributed by atoms with Gasteiger partial charge in [0.15, 0.2) is 5.75 Å². The van der Waals surface area contributed by atoms with Crippen LogP contribution in [0.3, 0.4) is 0 Å². The van der Waals surface area contributed by atoms with E-state index in [0.717, 1.165) is 18.2 Å². The van der Waals surface area contributed by atoms with E-state index < -0.39 is 11.6 Å². The second-order valence-corrected chi connectivity index (χ2v) is 4.00. The van der Waals surface area contributed by atoms with Gasteiger partial charge >= 0.3 is 0 Å². The average molecular weight is 271 g/mol. The van der Waals surface area contributed by atoms with Crippen molar-refractivity contribution >= 4 is 11.6 Å². The molecule has 1 N–H and O–H groups in total. The number of benzene rings is 2. The maximum Gasteiger partial charge on any atom is 0.151 e. The first kappa shape index (κ1) is 12.8. The minimum absolute atomic E-state index is 0.0182. The summed E-state index contributed by atoms with van der Waals surface area (Å²) < 4.78 is 31.3. The van der Waals surface area contributed by atoms with E-state index in [0.29, 0.717) is 5.56 Å². The van der Waals surface area contributed by atoms with Gasteiger partial charge in [0.05, 0.1) is 11.6 Å². The fourth-order valence-electron chi connectivity index (χ4n) is 1.50. The molecule has 0 aliphatic rings. The highest BCUT2D eigenvalue weighted by Gasteiger charge is 2.10. The zero-order valence-electron chi connectivity index (χ0n) is 9.16. The van der Waals surface area contributed by atoms with Crippen LogP contribution in [0.25, 0.3) is 0 Å². The van der Waals surface area contributed by atoms with Crippen LogP contribution >= 0.6 is 11.6 Å². The highest BCUT2D eigenvalue weighted by atomic mass is 35.5. The Morgan fingerprint density at radius 3 is 2.39 bits per heavy atom. The molecule has 0 unspecified atom stereocenters. The van der Waals surface area contributed by atoms with Crippen LogP contribution in [0.5, 0.6) is 11.5 Å². The number of ether oxygens (including phenoxy) is 1. The molecule has 5 heteroatoms. The number of hydrogen-bond donors (Lipinski definition) is 1. The molecular weight excluding hydrogens is 262 g/mol. The molecule has 2 nitrogen and oxygen atoms in total. The molecule has 0 saturated carbocycles. The molecule has 2 rings (SSSR count). The molecule has 0 spiro atoms. The van der Waals surface area contributed by atoms with Crippen molar-refractivity contribution in [1.29, 1.82) is 0 Å². The zero-order chi connectivity index (χ0) is 13.1. The fraction of sp³-hybridized carbons (Fsp3) is 0.0769. The Balaban J connectivity index is 2.39. The molecule has 0 aliphatic carbocycles. The minimum atomic E-state index is -0.748. The van der Waals surface area contributed by atoms with E-state index in [1.807, 2.05) is 0 Å². The molecule has 0 amide bonds. The lowest BCUT2D eigenvalue weighted by atomic mass is 10.2. The lowest BCUT2D eigenvalue weighted by Gasteiger charge is -2.11. The Bertz CT molecular complexity index is 553. The van der Waals surface area contributed by atoms with Gasteiger partial charge in [0, 0.05) is 23.8 Å². The number of rotatable bonds is 3. The predicted octanol–water partition coefficient (Wildman–Crippen LogP) is 3.90. The molecule has 0 bridgehead atoms. The van der Waals surface area contributed by atoms with Crippen molar-refractivity contribution in [3.8, 4) is 11.5 Å². The van der Waals surface area contributed by atoms with Gasteiger partial charge in [0.1, 0.15) is 17.4 Å². The second-order valence-electron chi connectivity index (χ2n) is 3.59. The molecule has 0 atom stereocenters. The van der Waals surface area contributed by atoms with Crippen molar-refractivity contribution in [2.45, 2.75) is 6.61 Å².